The first-order valence-electron chi connectivity index (χ1n) is 6.25. The van der Waals surface area contributed by atoms with E-state index in [1.165, 1.54) is 10.3 Å². The number of nitrogens with zero attached hydrogens (tertiary/aromatic N) is 2. The Morgan fingerprint density at radius 1 is 1.43 bits per heavy atom. The molecule has 3 heterocycles. The molecule has 1 saturated heterocycles. The minimum Gasteiger partial charge on any atom is -0.319 e. The van der Waals surface area contributed by atoms with Crippen molar-refractivity contribution in [3.05, 3.63) is 26.6 Å². The molecule has 1 aromatic heterocycles. The van der Waals surface area contributed by atoms with Gasteiger partial charge in [-0.3, -0.25) is 29.8 Å². The largest absolute Gasteiger partial charge is 0.329 e. The Balaban J connectivity index is 1.96. The van der Waals surface area contributed by atoms with E-state index >= 15 is 0 Å². The summed E-state index contributed by atoms with van der Waals surface area (Å²) in [7, 11) is 0. The maximum Gasteiger partial charge on any atom is 0.329 e. The second-order valence-corrected chi connectivity index (χ2v) is 6.09. The molecular weight excluding hydrogens is 298 g/mol. The van der Waals surface area contributed by atoms with Gasteiger partial charge in [0, 0.05) is 11.8 Å². The molecule has 0 aliphatic carbocycles. The van der Waals surface area contributed by atoms with Crippen LogP contribution in [0, 0.1) is 10.1 Å². The fraction of sp³-hybridized carbons (Fsp3) is 0.417. The third-order valence-electron chi connectivity index (χ3n) is 4.01. The number of nitro groups is 1. The van der Waals surface area contributed by atoms with Crippen molar-refractivity contribution in [3.8, 4) is 0 Å². The number of imide groups is 1. The predicted molar refractivity (Wildman–Crippen MR) is 71.6 cm³/mol. The van der Waals surface area contributed by atoms with Crippen LogP contribution in [0.5, 0.6) is 0 Å². The van der Waals surface area contributed by atoms with Crippen molar-refractivity contribution in [3.63, 3.8) is 0 Å². The Kier molecular flexibility index (Phi) is 2.84. The van der Waals surface area contributed by atoms with Gasteiger partial charge in [-0.25, -0.2) is 0 Å². The van der Waals surface area contributed by atoms with Gasteiger partial charge in [-0.05, 0) is 13.3 Å². The molecule has 1 atom stereocenters. The average Bonchev–Trinajstić information content (AvgIpc) is 2.96. The first-order valence-corrected chi connectivity index (χ1v) is 7.13. The van der Waals surface area contributed by atoms with Gasteiger partial charge in [-0.1, -0.05) is 11.3 Å². The van der Waals surface area contributed by atoms with Crippen LogP contribution in [0.15, 0.2) is 5.38 Å². The van der Waals surface area contributed by atoms with Crippen molar-refractivity contribution in [2.45, 2.75) is 31.8 Å². The zero-order chi connectivity index (χ0) is 15.4. The van der Waals surface area contributed by atoms with Crippen molar-refractivity contribution in [2.75, 3.05) is 0 Å². The molecular formula is C12H11N3O5S. The van der Waals surface area contributed by atoms with E-state index in [9.17, 15) is 24.5 Å². The summed E-state index contributed by atoms with van der Waals surface area (Å²) in [6, 6.07) is 0. The number of nitrogens with one attached hydrogen (secondary N) is 1. The topological polar surface area (TPSA) is 110 Å². The SMILES string of the molecule is C[C@]1(N2Cc3c(csc3[N+](=O)[O-])C2=O)CCC(=O)NC1=O. The summed E-state index contributed by atoms with van der Waals surface area (Å²) < 4.78 is 0. The molecule has 8 nitrogen and oxygen atoms in total. The number of fused-ring (bicyclic) bond motifs is 1. The summed E-state index contributed by atoms with van der Waals surface area (Å²) in [6.45, 7) is 1.60. The fourth-order valence-electron chi connectivity index (χ4n) is 2.68. The van der Waals surface area contributed by atoms with E-state index < -0.39 is 22.3 Å². The van der Waals surface area contributed by atoms with Crippen LogP contribution >= 0.6 is 11.3 Å². The lowest BCUT2D eigenvalue weighted by molar-refractivity contribution is -0.380. The van der Waals surface area contributed by atoms with Crippen LogP contribution in [0.3, 0.4) is 0 Å². The summed E-state index contributed by atoms with van der Waals surface area (Å²) >= 11 is 0.911. The number of hydrogen-bond donors (Lipinski definition) is 1. The van der Waals surface area contributed by atoms with E-state index in [0.717, 1.165) is 11.3 Å². The van der Waals surface area contributed by atoms with E-state index in [2.05, 4.69) is 5.32 Å². The molecule has 9 heteroatoms. The van der Waals surface area contributed by atoms with Crippen molar-refractivity contribution < 1.29 is 19.3 Å². The number of carbonyl (C=O) groups is 3. The number of carbonyl (C=O) groups excluding carboxylic acids is 3. The minimum atomic E-state index is -1.16. The molecule has 0 spiro atoms. The van der Waals surface area contributed by atoms with E-state index in [1.807, 2.05) is 0 Å². The zero-order valence-electron chi connectivity index (χ0n) is 11.0. The van der Waals surface area contributed by atoms with Gasteiger partial charge in [0.05, 0.1) is 22.6 Å². The third kappa shape index (κ3) is 1.84. The number of hydrogen-bond acceptors (Lipinski definition) is 6. The van der Waals surface area contributed by atoms with Crippen LogP contribution in [0.2, 0.25) is 0 Å². The molecule has 0 bridgehead atoms. The number of amides is 3. The van der Waals surface area contributed by atoms with Gasteiger partial charge in [-0.15, -0.1) is 0 Å². The molecule has 1 N–H and O–H groups in total. The van der Waals surface area contributed by atoms with Crippen LogP contribution in [0.1, 0.15) is 35.7 Å². The number of thiophene rings is 1. The van der Waals surface area contributed by atoms with Crippen LogP contribution < -0.4 is 5.32 Å². The maximum absolute atomic E-state index is 12.4. The first kappa shape index (κ1) is 13.7. The number of rotatable bonds is 2. The molecule has 0 unspecified atom stereocenters. The Labute approximate surface area is 122 Å². The summed E-state index contributed by atoms with van der Waals surface area (Å²) in [5.74, 6) is -1.31. The molecule has 0 saturated carbocycles. The van der Waals surface area contributed by atoms with Gasteiger partial charge in [0.1, 0.15) is 5.54 Å². The van der Waals surface area contributed by atoms with Crippen molar-refractivity contribution in [2.24, 2.45) is 0 Å². The monoisotopic (exact) mass is 309 g/mol. The highest BCUT2D eigenvalue weighted by atomic mass is 32.1. The van der Waals surface area contributed by atoms with Gasteiger partial charge in [0.15, 0.2) is 0 Å². The van der Waals surface area contributed by atoms with Gasteiger partial charge in [0.2, 0.25) is 5.91 Å². The van der Waals surface area contributed by atoms with Crippen LogP contribution in [-0.2, 0) is 16.1 Å². The maximum atomic E-state index is 12.4. The molecule has 1 fully saturated rings. The Bertz CT molecular complexity index is 697. The minimum absolute atomic E-state index is 0.0199. The number of piperidine rings is 1. The second kappa shape index (κ2) is 4.35. The van der Waals surface area contributed by atoms with Gasteiger partial charge < -0.3 is 4.90 Å². The first-order chi connectivity index (χ1) is 9.84. The Hall–Kier alpha value is -2.29. The average molecular weight is 309 g/mol. The summed E-state index contributed by atoms with van der Waals surface area (Å²) in [6.07, 6.45) is 0.353. The normalized spacial score (nSPS) is 25.0. The zero-order valence-corrected chi connectivity index (χ0v) is 11.9. The van der Waals surface area contributed by atoms with Gasteiger partial charge >= 0.3 is 5.00 Å². The lowest BCUT2D eigenvalue weighted by Crippen LogP contribution is -2.61. The van der Waals surface area contributed by atoms with Crippen molar-refractivity contribution in [1.82, 2.24) is 10.2 Å². The Morgan fingerprint density at radius 2 is 2.14 bits per heavy atom. The molecule has 0 radical (unpaired) electrons. The smallest absolute Gasteiger partial charge is 0.319 e. The van der Waals surface area contributed by atoms with Crippen molar-refractivity contribution in [1.29, 1.82) is 0 Å². The van der Waals surface area contributed by atoms with Crippen LogP contribution in [0.25, 0.3) is 0 Å². The standard InChI is InChI=1S/C12H11N3O5S/c1-12(3-2-8(16)13-11(12)18)14-4-6-7(9(14)17)5-21-10(6)15(19)20/h5H,2-4H2,1H3,(H,13,16,18)/t12-/m0/s1. The van der Waals surface area contributed by atoms with E-state index in [4.69, 9.17) is 0 Å². The molecule has 1 aromatic rings. The molecule has 110 valence electrons. The fourth-order valence-corrected chi connectivity index (χ4v) is 3.56. The molecule has 3 rings (SSSR count). The predicted octanol–water partition coefficient (Wildman–Crippen LogP) is 0.807. The summed E-state index contributed by atoms with van der Waals surface area (Å²) in [4.78, 5) is 47.5. The summed E-state index contributed by atoms with van der Waals surface area (Å²) in [5, 5.41) is 14.6. The molecule has 0 aromatic carbocycles. The molecule has 3 amide bonds. The van der Waals surface area contributed by atoms with Gasteiger partial charge in [-0.2, -0.15) is 0 Å². The van der Waals surface area contributed by atoms with E-state index in [-0.39, 0.29) is 35.9 Å². The lowest BCUT2D eigenvalue weighted by atomic mass is 9.89. The van der Waals surface area contributed by atoms with E-state index in [1.54, 1.807) is 6.92 Å². The molecule has 2 aliphatic heterocycles. The van der Waals surface area contributed by atoms with Crippen LogP contribution in [0.4, 0.5) is 5.00 Å². The lowest BCUT2D eigenvalue weighted by Gasteiger charge is -2.39. The van der Waals surface area contributed by atoms with E-state index in [0.29, 0.717) is 5.56 Å². The van der Waals surface area contributed by atoms with Gasteiger partial charge in [0.25, 0.3) is 11.8 Å². The second-order valence-electron chi connectivity index (χ2n) is 5.23. The molecule has 2 aliphatic rings. The quantitative estimate of drug-likeness (QED) is 0.494. The third-order valence-corrected chi connectivity index (χ3v) is 4.98. The molecule has 21 heavy (non-hydrogen) atoms. The Morgan fingerprint density at radius 3 is 2.76 bits per heavy atom. The highest BCUT2D eigenvalue weighted by Crippen LogP contribution is 2.40. The highest BCUT2D eigenvalue weighted by Gasteiger charge is 2.50. The summed E-state index contributed by atoms with van der Waals surface area (Å²) in [5.41, 5.74) is -0.534. The van der Waals surface area contributed by atoms with Crippen molar-refractivity contribution >= 4 is 34.1 Å². The highest BCUT2D eigenvalue weighted by molar-refractivity contribution is 7.13. The van der Waals surface area contributed by atoms with Crippen LogP contribution in [-0.4, -0.2) is 33.1 Å².